The number of benzene rings is 3. The highest BCUT2D eigenvalue weighted by atomic mass is 32.2. The lowest BCUT2D eigenvalue weighted by Gasteiger charge is -2.19. The van der Waals surface area contributed by atoms with Gasteiger partial charge in [-0.05, 0) is 50.2 Å². The minimum Gasteiger partial charge on any atom is -0.326 e. The summed E-state index contributed by atoms with van der Waals surface area (Å²) >= 11 is 0. The lowest BCUT2D eigenvalue weighted by atomic mass is 9.94. The Balaban J connectivity index is 1.86. The third-order valence-electron chi connectivity index (χ3n) is 4.83. The molecule has 168 valence electrons. The second-order valence-electron chi connectivity index (χ2n) is 7.99. The lowest BCUT2D eigenvalue weighted by Crippen LogP contribution is -2.32. The van der Waals surface area contributed by atoms with Crippen molar-refractivity contribution in [2.24, 2.45) is 5.41 Å². The van der Waals surface area contributed by atoms with Crippen molar-refractivity contribution in [3.63, 3.8) is 0 Å². The molecule has 0 aliphatic rings. The SMILES string of the molecule is CC(=O)Nc1ccc(S(=O)(=O)Nc2ccc(NC(=O)C(C)(C)CF)cc2)c2ccccc12. The van der Waals surface area contributed by atoms with E-state index in [0.29, 0.717) is 27.8 Å². The summed E-state index contributed by atoms with van der Waals surface area (Å²) in [4.78, 5) is 23.6. The van der Waals surface area contributed by atoms with Crippen LogP contribution in [0.4, 0.5) is 21.5 Å². The van der Waals surface area contributed by atoms with Crippen molar-refractivity contribution in [3.8, 4) is 0 Å². The number of fused-ring (bicyclic) bond motifs is 1. The molecule has 0 saturated heterocycles. The van der Waals surface area contributed by atoms with Gasteiger partial charge < -0.3 is 10.6 Å². The highest BCUT2D eigenvalue weighted by Gasteiger charge is 2.27. The van der Waals surface area contributed by atoms with Crippen LogP contribution in [-0.4, -0.2) is 26.9 Å². The van der Waals surface area contributed by atoms with Gasteiger partial charge >= 0.3 is 0 Å². The molecule has 0 spiro atoms. The summed E-state index contributed by atoms with van der Waals surface area (Å²) in [5, 5.41) is 6.37. The minimum atomic E-state index is -3.95. The maximum Gasteiger partial charge on any atom is 0.262 e. The number of nitrogens with one attached hydrogen (secondary N) is 3. The van der Waals surface area contributed by atoms with E-state index < -0.39 is 28.0 Å². The Kier molecular flexibility index (Phi) is 6.50. The predicted molar refractivity (Wildman–Crippen MR) is 124 cm³/mol. The number of rotatable bonds is 7. The first-order valence-electron chi connectivity index (χ1n) is 9.83. The molecule has 9 heteroatoms. The first kappa shape index (κ1) is 23.2. The second-order valence-corrected chi connectivity index (χ2v) is 9.64. The fourth-order valence-electron chi connectivity index (χ4n) is 3.00. The van der Waals surface area contributed by atoms with Gasteiger partial charge in [-0.25, -0.2) is 12.8 Å². The Morgan fingerprint density at radius 2 is 1.47 bits per heavy atom. The van der Waals surface area contributed by atoms with Crippen LogP contribution in [0, 0.1) is 5.41 Å². The second kappa shape index (κ2) is 8.96. The smallest absolute Gasteiger partial charge is 0.262 e. The molecule has 7 nitrogen and oxygen atoms in total. The number of sulfonamides is 1. The van der Waals surface area contributed by atoms with Crippen LogP contribution in [0.1, 0.15) is 20.8 Å². The van der Waals surface area contributed by atoms with Gasteiger partial charge in [0, 0.05) is 34.8 Å². The molecular weight excluding hydrogens is 433 g/mol. The van der Waals surface area contributed by atoms with E-state index in [0.717, 1.165) is 0 Å². The monoisotopic (exact) mass is 457 g/mol. The molecule has 0 fully saturated rings. The molecule has 0 bridgehead atoms. The number of carbonyl (C=O) groups excluding carboxylic acids is 2. The van der Waals surface area contributed by atoms with Crippen molar-refractivity contribution < 1.29 is 22.4 Å². The van der Waals surface area contributed by atoms with Gasteiger partial charge in [0.15, 0.2) is 0 Å². The Hall–Kier alpha value is -3.46. The van der Waals surface area contributed by atoms with Crippen molar-refractivity contribution in [3.05, 3.63) is 60.7 Å². The summed E-state index contributed by atoms with van der Waals surface area (Å²) < 4.78 is 41.6. The summed E-state index contributed by atoms with van der Waals surface area (Å²) in [6.07, 6.45) is 0. The fraction of sp³-hybridized carbons (Fsp3) is 0.217. The van der Waals surface area contributed by atoms with Crippen molar-refractivity contribution in [1.82, 2.24) is 0 Å². The van der Waals surface area contributed by atoms with Gasteiger partial charge in [0.05, 0.1) is 10.3 Å². The van der Waals surface area contributed by atoms with Gasteiger partial charge in [-0.15, -0.1) is 0 Å². The molecule has 0 aliphatic heterocycles. The van der Waals surface area contributed by atoms with E-state index in [1.165, 1.54) is 51.1 Å². The summed E-state index contributed by atoms with van der Waals surface area (Å²) in [7, 11) is -3.95. The maximum atomic E-state index is 13.1. The molecule has 0 aliphatic carbocycles. The van der Waals surface area contributed by atoms with Gasteiger partial charge in [-0.3, -0.25) is 14.3 Å². The van der Waals surface area contributed by atoms with E-state index in [-0.39, 0.29) is 10.8 Å². The predicted octanol–water partition coefficient (Wildman–Crippen LogP) is 4.53. The summed E-state index contributed by atoms with van der Waals surface area (Å²) in [5.41, 5.74) is 0.0702. The molecule has 3 aromatic rings. The van der Waals surface area contributed by atoms with Crippen LogP contribution >= 0.6 is 0 Å². The zero-order valence-electron chi connectivity index (χ0n) is 17.9. The van der Waals surface area contributed by atoms with Gasteiger partial charge in [0.1, 0.15) is 6.67 Å². The van der Waals surface area contributed by atoms with E-state index >= 15 is 0 Å². The van der Waals surface area contributed by atoms with Gasteiger partial charge in [0.2, 0.25) is 11.8 Å². The van der Waals surface area contributed by atoms with Crippen molar-refractivity contribution >= 4 is 49.7 Å². The number of carbonyl (C=O) groups is 2. The topological polar surface area (TPSA) is 104 Å². The van der Waals surface area contributed by atoms with Crippen molar-refractivity contribution in [2.75, 3.05) is 22.0 Å². The molecule has 0 atom stereocenters. The van der Waals surface area contributed by atoms with E-state index in [9.17, 15) is 22.4 Å². The van der Waals surface area contributed by atoms with Crippen LogP contribution in [-0.2, 0) is 19.6 Å². The van der Waals surface area contributed by atoms with Gasteiger partial charge in [0.25, 0.3) is 10.0 Å². The van der Waals surface area contributed by atoms with E-state index in [1.807, 2.05) is 0 Å². The van der Waals surface area contributed by atoms with Gasteiger partial charge in [-0.2, -0.15) is 0 Å². The highest BCUT2D eigenvalue weighted by Crippen LogP contribution is 2.31. The maximum absolute atomic E-state index is 13.1. The largest absolute Gasteiger partial charge is 0.326 e. The Bertz CT molecular complexity index is 1270. The molecule has 0 unspecified atom stereocenters. The highest BCUT2D eigenvalue weighted by molar-refractivity contribution is 7.93. The molecule has 2 amide bonds. The summed E-state index contributed by atoms with van der Waals surface area (Å²) in [6.45, 7) is 3.57. The van der Waals surface area contributed by atoms with Crippen LogP contribution in [0.3, 0.4) is 0 Å². The normalized spacial score (nSPS) is 11.8. The van der Waals surface area contributed by atoms with Crippen LogP contribution in [0.5, 0.6) is 0 Å². The molecule has 0 heterocycles. The Labute approximate surface area is 186 Å². The Morgan fingerprint density at radius 3 is 2.06 bits per heavy atom. The average Bonchev–Trinajstić information content (AvgIpc) is 2.74. The average molecular weight is 458 g/mol. The Morgan fingerprint density at radius 1 is 0.875 bits per heavy atom. The van der Waals surface area contributed by atoms with Crippen LogP contribution < -0.4 is 15.4 Å². The molecule has 3 rings (SSSR count). The zero-order chi connectivity index (χ0) is 23.5. The molecule has 0 radical (unpaired) electrons. The molecular formula is C23H24FN3O4S. The molecule has 3 aromatic carbocycles. The summed E-state index contributed by atoms with van der Waals surface area (Å²) in [5.74, 6) is -0.731. The van der Waals surface area contributed by atoms with Crippen LogP contribution in [0.15, 0.2) is 65.6 Å². The number of alkyl halides is 1. The minimum absolute atomic E-state index is 0.0595. The van der Waals surface area contributed by atoms with Crippen molar-refractivity contribution in [1.29, 1.82) is 0 Å². The fourth-order valence-corrected chi connectivity index (χ4v) is 4.27. The first-order valence-corrected chi connectivity index (χ1v) is 11.3. The lowest BCUT2D eigenvalue weighted by molar-refractivity contribution is -0.124. The number of halogens is 1. The third kappa shape index (κ3) is 5.05. The van der Waals surface area contributed by atoms with E-state index in [4.69, 9.17) is 0 Å². The number of anilines is 3. The van der Waals surface area contributed by atoms with Crippen LogP contribution in [0.2, 0.25) is 0 Å². The quantitative estimate of drug-likeness (QED) is 0.485. The van der Waals surface area contributed by atoms with Crippen molar-refractivity contribution in [2.45, 2.75) is 25.7 Å². The van der Waals surface area contributed by atoms with Crippen LogP contribution in [0.25, 0.3) is 10.8 Å². The first-order chi connectivity index (χ1) is 15.0. The molecule has 3 N–H and O–H groups in total. The third-order valence-corrected chi connectivity index (χ3v) is 6.27. The standard InChI is InChI=1S/C23H24FN3O4S/c1-15(28)25-20-12-13-21(19-7-5-4-6-18(19)20)32(30,31)27-17-10-8-16(9-11-17)26-22(29)23(2,3)14-24/h4-13,27H,14H2,1-3H3,(H,25,28)(H,26,29). The number of amides is 2. The molecule has 32 heavy (non-hydrogen) atoms. The van der Waals surface area contributed by atoms with E-state index in [1.54, 1.807) is 30.3 Å². The van der Waals surface area contributed by atoms with E-state index in [2.05, 4.69) is 15.4 Å². The number of hydrogen-bond acceptors (Lipinski definition) is 4. The zero-order valence-corrected chi connectivity index (χ0v) is 18.7. The van der Waals surface area contributed by atoms with Gasteiger partial charge in [-0.1, -0.05) is 24.3 Å². The number of hydrogen-bond donors (Lipinski definition) is 3. The molecule has 0 aromatic heterocycles. The molecule has 0 saturated carbocycles. The summed E-state index contributed by atoms with van der Waals surface area (Å²) in [6, 6.07) is 15.9.